The van der Waals surface area contributed by atoms with Gasteiger partial charge in [0.05, 0.1) is 13.2 Å². The van der Waals surface area contributed by atoms with Gasteiger partial charge in [0.1, 0.15) is 0 Å². The summed E-state index contributed by atoms with van der Waals surface area (Å²) in [5.74, 6) is 0. The van der Waals surface area contributed by atoms with E-state index in [0.717, 1.165) is 12.0 Å². The molecule has 0 aliphatic carbocycles. The van der Waals surface area contributed by atoms with Crippen molar-refractivity contribution in [3.05, 3.63) is 94.7 Å². The van der Waals surface area contributed by atoms with Gasteiger partial charge in [-0.2, -0.15) is 0 Å². The molecule has 0 fully saturated rings. The maximum absolute atomic E-state index is 9.84. The van der Waals surface area contributed by atoms with Crippen molar-refractivity contribution in [2.45, 2.75) is 32.2 Å². The van der Waals surface area contributed by atoms with E-state index in [4.69, 9.17) is 4.43 Å². The van der Waals surface area contributed by atoms with Crippen molar-refractivity contribution < 1.29 is 9.53 Å². The minimum absolute atomic E-state index is 0.0450. The Labute approximate surface area is 179 Å². The van der Waals surface area contributed by atoms with Gasteiger partial charge in [-0.25, -0.2) is 0 Å². The monoisotopic (exact) mass is 422 g/mol. The highest BCUT2D eigenvalue weighted by atomic mass is 32.1. The zero-order chi connectivity index (χ0) is 20.7. The molecule has 3 rings (SSSR count). The van der Waals surface area contributed by atoms with Crippen LogP contribution in [0.3, 0.4) is 0 Å². The van der Waals surface area contributed by atoms with Crippen LogP contribution in [0.25, 0.3) is 0 Å². The molecule has 0 saturated heterocycles. The molecule has 0 saturated carbocycles. The molecular formula is C25H30O2SSi. The van der Waals surface area contributed by atoms with Crippen LogP contribution < -0.4 is 10.4 Å². The minimum Gasteiger partial charge on any atom is -0.404 e. The lowest BCUT2D eigenvalue weighted by Crippen LogP contribution is -2.66. The lowest BCUT2D eigenvalue weighted by Gasteiger charge is -2.42. The summed E-state index contributed by atoms with van der Waals surface area (Å²) in [7, 11) is -2.53. The molecule has 0 unspecified atom stereocenters. The maximum Gasteiger partial charge on any atom is 0.261 e. The second-order valence-corrected chi connectivity index (χ2v) is 13.6. The lowest BCUT2D eigenvalue weighted by molar-refractivity contribution is 0.317. The molecule has 1 heterocycles. The van der Waals surface area contributed by atoms with E-state index in [1.54, 1.807) is 11.3 Å². The second kappa shape index (κ2) is 9.68. The van der Waals surface area contributed by atoms with Gasteiger partial charge in [0.2, 0.25) is 0 Å². The molecule has 1 N–H and O–H groups in total. The van der Waals surface area contributed by atoms with Gasteiger partial charge in [0, 0.05) is 11.3 Å². The number of hydrogen-bond donors (Lipinski definition) is 1. The second-order valence-electron chi connectivity index (χ2n) is 8.25. The molecule has 0 spiro atoms. The van der Waals surface area contributed by atoms with Gasteiger partial charge in [-0.15, -0.1) is 11.3 Å². The fourth-order valence-electron chi connectivity index (χ4n) is 3.88. The van der Waals surface area contributed by atoms with E-state index >= 15 is 0 Å². The molecule has 0 amide bonds. The van der Waals surface area contributed by atoms with E-state index in [1.165, 1.54) is 15.3 Å². The number of hydrogen-bond acceptors (Lipinski definition) is 3. The number of aliphatic hydroxyl groups is 1. The van der Waals surface area contributed by atoms with Crippen molar-refractivity contribution in [3.63, 3.8) is 0 Å². The van der Waals surface area contributed by atoms with Crippen LogP contribution in [-0.2, 0) is 10.8 Å². The smallest absolute Gasteiger partial charge is 0.261 e. The Morgan fingerprint density at radius 3 is 1.97 bits per heavy atom. The van der Waals surface area contributed by atoms with E-state index in [0.29, 0.717) is 6.61 Å². The van der Waals surface area contributed by atoms with Gasteiger partial charge >= 0.3 is 0 Å². The Balaban J connectivity index is 1.96. The molecule has 152 valence electrons. The Bertz CT molecular complexity index is 858. The molecule has 3 aromatic rings. The highest BCUT2D eigenvalue weighted by molar-refractivity contribution is 7.09. The molecule has 0 bridgehead atoms. The van der Waals surface area contributed by atoms with Crippen molar-refractivity contribution >= 4 is 30.0 Å². The molecule has 2 aromatic carbocycles. The van der Waals surface area contributed by atoms with Crippen molar-refractivity contribution in [1.29, 1.82) is 0 Å². The minimum atomic E-state index is -2.53. The summed E-state index contributed by atoms with van der Waals surface area (Å²) in [5.41, 5.74) is 1.00. The van der Waals surface area contributed by atoms with Crippen molar-refractivity contribution in [1.82, 2.24) is 0 Å². The first-order valence-corrected chi connectivity index (χ1v) is 12.8. The number of rotatable bonds is 8. The van der Waals surface area contributed by atoms with Crippen LogP contribution in [0.4, 0.5) is 0 Å². The molecule has 4 heteroatoms. The molecule has 1 aromatic heterocycles. The fraction of sp³-hybridized carbons (Fsp3) is 0.280. The summed E-state index contributed by atoms with van der Waals surface area (Å²) in [4.78, 5) is 1.26. The normalized spacial score (nSPS) is 12.9. The van der Waals surface area contributed by atoms with Crippen molar-refractivity contribution in [2.24, 2.45) is 0 Å². The number of thiophene rings is 1. The average Bonchev–Trinajstić information content (AvgIpc) is 3.24. The zero-order valence-electron chi connectivity index (χ0n) is 17.5. The van der Waals surface area contributed by atoms with Gasteiger partial charge in [0.25, 0.3) is 8.32 Å². The van der Waals surface area contributed by atoms with E-state index < -0.39 is 8.32 Å². The SMILES string of the molecule is CC(C)(C)[Si](OC/C=C(\CO)Cc1cccs1)(c1ccccc1)c1ccccc1. The molecule has 0 atom stereocenters. The van der Waals surface area contributed by atoms with Gasteiger partial charge in [0.15, 0.2) is 0 Å². The topological polar surface area (TPSA) is 29.5 Å². The molecular weight excluding hydrogens is 392 g/mol. The summed E-state index contributed by atoms with van der Waals surface area (Å²) >= 11 is 1.72. The third-order valence-electron chi connectivity index (χ3n) is 5.27. The predicted octanol–water partition coefficient (Wildman–Crippen LogP) is 4.79. The van der Waals surface area contributed by atoms with Crippen LogP contribution in [0.5, 0.6) is 0 Å². The van der Waals surface area contributed by atoms with Crippen LogP contribution in [0, 0.1) is 0 Å². The van der Waals surface area contributed by atoms with Crippen LogP contribution in [0.1, 0.15) is 25.6 Å². The third kappa shape index (κ3) is 4.96. The Kier molecular flexibility index (Phi) is 7.25. The van der Waals surface area contributed by atoms with Crippen molar-refractivity contribution in [2.75, 3.05) is 13.2 Å². The number of aliphatic hydroxyl groups excluding tert-OH is 1. The summed E-state index contributed by atoms with van der Waals surface area (Å²) in [6.45, 7) is 7.39. The van der Waals surface area contributed by atoms with Crippen LogP contribution in [0.15, 0.2) is 89.8 Å². The Morgan fingerprint density at radius 1 is 0.931 bits per heavy atom. The average molecular weight is 423 g/mol. The first kappa shape index (κ1) is 21.7. The summed E-state index contributed by atoms with van der Waals surface area (Å²) in [5, 5.41) is 14.4. The first-order chi connectivity index (χ1) is 14.0. The van der Waals surface area contributed by atoms with Crippen LogP contribution in [0.2, 0.25) is 5.04 Å². The molecule has 2 nitrogen and oxygen atoms in total. The van der Waals surface area contributed by atoms with E-state index in [2.05, 4.69) is 99.0 Å². The largest absolute Gasteiger partial charge is 0.404 e. The summed E-state index contributed by atoms with van der Waals surface area (Å²) < 4.78 is 6.87. The Hall–Kier alpha value is -1.98. The van der Waals surface area contributed by atoms with E-state index in [-0.39, 0.29) is 11.6 Å². The van der Waals surface area contributed by atoms with E-state index in [9.17, 15) is 5.11 Å². The van der Waals surface area contributed by atoms with E-state index in [1.807, 2.05) is 6.07 Å². The predicted molar refractivity (Wildman–Crippen MR) is 127 cm³/mol. The molecule has 0 aliphatic rings. The number of benzene rings is 2. The fourth-order valence-corrected chi connectivity index (χ4v) is 9.12. The highest BCUT2D eigenvalue weighted by Crippen LogP contribution is 2.36. The quantitative estimate of drug-likeness (QED) is 0.418. The van der Waals surface area contributed by atoms with Gasteiger partial charge in [-0.1, -0.05) is 93.6 Å². The molecule has 0 aliphatic heterocycles. The van der Waals surface area contributed by atoms with Crippen LogP contribution in [-0.4, -0.2) is 26.6 Å². The molecule has 0 radical (unpaired) electrons. The van der Waals surface area contributed by atoms with Gasteiger partial charge in [-0.05, 0) is 32.4 Å². The summed E-state index contributed by atoms with van der Waals surface area (Å²) in [6, 6.07) is 25.5. The highest BCUT2D eigenvalue weighted by Gasteiger charge is 2.49. The maximum atomic E-state index is 9.84. The van der Waals surface area contributed by atoms with Gasteiger partial charge in [-0.3, -0.25) is 0 Å². The van der Waals surface area contributed by atoms with Crippen LogP contribution >= 0.6 is 11.3 Å². The van der Waals surface area contributed by atoms with Gasteiger partial charge < -0.3 is 9.53 Å². The Morgan fingerprint density at radius 2 is 1.52 bits per heavy atom. The third-order valence-corrected chi connectivity index (χ3v) is 11.2. The molecule has 29 heavy (non-hydrogen) atoms. The summed E-state index contributed by atoms with van der Waals surface area (Å²) in [6.07, 6.45) is 2.84. The first-order valence-electron chi connectivity index (χ1n) is 10.0. The zero-order valence-corrected chi connectivity index (χ0v) is 19.3. The lowest BCUT2D eigenvalue weighted by atomic mass is 10.1. The van der Waals surface area contributed by atoms with Crippen molar-refractivity contribution in [3.8, 4) is 0 Å². The standard InChI is InChI=1S/C25H30O2SSi/c1-25(2,3)29(23-12-6-4-7-13-23,24-14-8-5-9-15-24)27-17-16-21(20-26)19-22-11-10-18-28-22/h4-16,18,26H,17,19-20H2,1-3H3/b21-16-.